The van der Waals surface area contributed by atoms with Gasteiger partial charge >= 0.3 is 0 Å². The maximum absolute atomic E-state index is 4.06. The molecule has 2 aliphatic rings. The Morgan fingerprint density at radius 1 is 1.28 bits per heavy atom. The Kier molecular flexibility index (Phi) is 3.56. The van der Waals surface area contributed by atoms with Gasteiger partial charge in [-0.1, -0.05) is 11.6 Å². The first-order valence-electron chi connectivity index (χ1n) is 7.07. The number of H-pyrrole nitrogens is 1. The van der Waals surface area contributed by atoms with E-state index in [1.165, 1.54) is 38.6 Å². The van der Waals surface area contributed by atoms with E-state index in [-0.39, 0.29) is 6.04 Å². The Hall–Kier alpha value is -1.01. The second-order valence-electron chi connectivity index (χ2n) is 5.56. The van der Waals surface area contributed by atoms with Crippen molar-refractivity contribution in [2.45, 2.75) is 57.2 Å². The first-order valence-corrected chi connectivity index (χ1v) is 7.07. The first-order chi connectivity index (χ1) is 8.84. The largest absolute Gasteiger partial charge is 0.314 e. The number of rotatable bonds is 4. The number of hydrogen-bond acceptors (Lipinski definition) is 5. The minimum absolute atomic E-state index is 0.177. The van der Waals surface area contributed by atoms with Crippen molar-refractivity contribution in [1.82, 2.24) is 31.3 Å². The lowest BCUT2D eigenvalue weighted by molar-refractivity contribution is 0.300. The van der Waals surface area contributed by atoms with Crippen LogP contribution in [0.25, 0.3) is 0 Å². The van der Waals surface area contributed by atoms with Crippen molar-refractivity contribution in [1.29, 1.82) is 0 Å². The summed E-state index contributed by atoms with van der Waals surface area (Å²) in [6, 6.07) is 1.48. The van der Waals surface area contributed by atoms with Crippen LogP contribution in [0.2, 0.25) is 0 Å². The van der Waals surface area contributed by atoms with Gasteiger partial charge in [0.25, 0.3) is 0 Å². The molecule has 0 radical (unpaired) electrons. The molecule has 4 unspecified atom stereocenters. The molecule has 6 nitrogen and oxygen atoms in total. The van der Waals surface area contributed by atoms with Crippen LogP contribution in [0.5, 0.6) is 0 Å². The van der Waals surface area contributed by atoms with E-state index in [1.807, 2.05) is 0 Å². The van der Waals surface area contributed by atoms with E-state index >= 15 is 0 Å². The number of aromatic nitrogens is 4. The molecule has 3 rings (SSSR count). The van der Waals surface area contributed by atoms with E-state index in [2.05, 4.69) is 38.2 Å². The van der Waals surface area contributed by atoms with Crippen LogP contribution in [-0.2, 0) is 0 Å². The SMILES string of the molecule is CC(NC1CCCC1C1CCCN1)c1nn[nH]n1. The highest BCUT2D eigenvalue weighted by Gasteiger charge is 2.35. The molecule has 1 aliphatic carbocycles. The molecule has 2 heterocycles. The van der Waals surface area contributed by atoms with Gasteiger partial charge in [-0.3, -0.25) is 0 Å². The van der Waals surface area contributed by atoms with Crippen LogP contribution in [0.15, 0.2) is 0 Å². The van der Waals surface area contributed by atoms with E-state index in [4.69, 9.17) is 0 Å². The van der Waals surface area contributed by atoms with Crippen LogP contribution in [0, 0.1) is 5.92 Å². The highest BCUT2D eigenvalue weighted by atomic mass is 15.5. The lowest BCUT2D eigenvalue weighted by atomic mass is 9.92. The zero-order valence-electron chi connectivity index (χ0n) is 10.9. The Morgan fingerprint density at radius 3 is 2.94 bits per heavy atom. The molecule has 1 aromatic rings. The van der Waals surface area contributed by atoms with Gasteiger partial charge in [0.05, 0.1) is 6.04 Å². The zero-order valence-corrected chi connectivity index (χ0v) is 10.9. The van der Waals surface area contributed by atoms with Gasteiger partial charge in [0.1, 0.15) is 0 Å². The average molecular weight is 250 g/mol. The molecule has 2 fully saturated rings. The predicted octanol–water partition coefficient (Wildman–Crippen LogP) is 0.771. The van der Waals surface area contributed by atoms with Gasteiger partial charge in [0.2, 0.25) is 0 Å². The molecule has 0 spiro atoms. The molecule has 6 heteroatoms. The minimum Gasteiger partial charge on any atom is -0.314 e. The summed E-state index contributed by atoms with van der Waals surface area (Å²) in [5, 5.41) is 21.6. The summed E-state index contributed by atoms with van der Waals surface area (Å²) in [5.74, 6) is 1.53. The minimum atomic E-state index is 0.177. The van der Waals surface area contributed by atoms with Crippen molar-refractivity contribution in [3.8, 4) is 0 Å². The molecule has 18 heavy (non-hydrogen) atoms. The molecule has 4 atom stereocenters. The van der Waals surface area contributed by atoms with Crippen LogP contribution in [0.3, 0.4) is 0 Å². The number of nitrogens with zero attached hydrogens (tertiary/aromatic N) is 3. The molecule has 1 saturated carbocycles. The summed E-state index contributed by atoms with van der Waals surface area (Å²) in [4.78, 5) is 0. The number of aromatic amines is 1. The van der Waals surface area contributed by atoms with Crippen LogP contribution in [0.1, 0.15) is 50.9 Å². The maximum atomic E-state index is 4.06. The molecule has 1 aliphatic heterocycles. The highest BCUT2D eigenvalue weighted by Crippen LogP contribution is 2.32. The van der Waals surface area contributed by atoms with E-state index < -0.39 is 0 Å². The van der Waals surface area contributed by atoms with E-state index in [1.54, 1.807) is 0 Å². The van der Waals surface area contributed by atoms with Gasteiger partial charge < -0.3 is 10.6 Å². The lowest BCUT2D eigenvalue weighted by Crippen LogP contribution is -2.43. The molecule has 0 bridgehead atoms. The monoisotopic (exact) mass is 250 g/mol. The van der Waals surface area contributed by atoms with Gasteiger partial charge in [-0.2, -0.15) is 5.21 Å². The summed E-state index contributed by atoms with van der Waals surface area (Å²) in [7, 11) is 0. The van der Waals surface area contributed by atoms with E-state index in [0.717, 1.165) is 11.7 Å². The number of hydrogen-bond donors (Lipinski definition) is 3. The second-order valence-corrected chi connectivity index (χ2v) is 5.56. The molecule has 3 N–H and O–H groups in total. The third kappa shape index (κ3) is 2.40. The quantitative estimate of drug-likeness (QED) is 0.735. The van der Waals surface area contributed by atoms with Gasteiger partial charge in [0.15, 0.2) is 5.82 Å². The summed E-state index contributed by atoms with van der Waals surface area (Å²) in [5.41, 5.74) is 0. The van der Waals surface area contributed by atoms with Crippen molar-refractivity contribution in [3.63, 3.8) is 0 Å². The number of tetrazole rings is 1. The molecular formula is C12H22N6. The van der Waals surface area contributed by atoms with Crippen molar-refractivity contribution < 1.29 is 0 Å². The van der Waals surface area contributed by atoms with Gasteiger partial charge in [-0.15, -0.1) is 10.2 Å². The Morgan fingerprint density at radius 2 is 2.22 bits per heavy atom. The summed E-state index contributed by atoms with van der Waals surface area (Å²) in [6.07, 6.45) is 6.60. The van der Waals surface area contributed by atoms with Crippen molar-refractivity contribution >= 4 is 0 Å². The van der Waals surface area contributed by atoms with Gasteiger partial charge in [-0.05, 0) is 45.1 Å². The Labute approximate surface area is 107 Å². The fourth-order valence-corrected chi connectivity index (χ4v) is 3.50. The third-order valence-corrected chi connectivity index (χ3v) is 4.40. The molecule has 0 amide bonds. The smallest absolute Gasteiger partial charge is 0.191 e. The van der Waals surface area contributed by atoms with Crippen molar-refractivity contribution in [2.75, 3.05) is 6.54 Å². The summed E-state index contributed by atoms with van der Waals surface area (Å²) < 4.78 is 0. The topological polar surface area (TPSA) is 78.5 Å². The zero-order chi connectivity index (χ0) is 12.4. The third-order valence-electron chi connectivity index (χ3n) is 4.40. The normalized spacial score (nSPS) is 33.9. The predicted molar refractivity (Wildman–Crippen MR) is 67.9 cm³/mol. The Bertz CT molecular complexity index is 359. The van der Waals surface area contributed by atoms with Crippen LogP contribution < -0.4 is 10.6 Å². The fourth-order valence-electron chi connectivity index (χ4n) is 3.50. The number of nitrogens with one attached hydrogen (secondary N) is 3. The van der Waals surface area contributed by atoms with E-state index in [0.29, 0.717) is 12.1 Å². The van der Waals surface area contributed by atoms with Crippen LogP contribution in [0.4, 0.5) is 0 Å². The fraction of sp³-hybridized carbons (Fsp3) is 0.917. The highest BCUT2D eigenvalue weighted by molar-refractivity contribution is 4.96. The van der Waals surface area contributed by atoms with Gasteiger partial charge in [0, 0.05) is 12.1 Å². The lowest BCUT2D eigenvalue weighted by Gasteiger charge is -2.28. The molecule has 0 aromatic carbocycles. The van der Waals surface area contributed by atoms with Crippen LogP contribution in [-0.4, -0.2) is 39.3 Å². The molecule has 1 saturated heterocycles. The second kappa shape index (κ2) is 5.32. The first kappa shape index (κ1) is 12.0. The summed E-state index contributed by atoms with van der Waals surface area (Å²) >= 11 is 0. The molecular weight excluding hydrogens is 228 g/mol. The maximum Gasteiger partial charge on any atom is 0.191 e. The standard InChI is InChI=1S/C12H22N6/c1-8(12-15-17-18-16-12)14-11-5-2-4-9(11)10-6-3-7-13-10/h8-11,13-14H,2-7H2,1H3,(H,15,16,17,18). The molecule has 100 valence electrons. The Balaban J connectivity index is 1.60. The van der Waals surface area contributed by atoms with Crippen molar-refractivity contribution in [2.24, 2.45) is 5.92 Å². The van der Waals surface area contributed by atoms with Crippen LogP contribution >= 0.6 is 0 Å². The van der Waals surface area contributed by atoms with Gasteiger partial charge in [-0.25, -0.2) is 0 Å². The average Bonchev–Trinajstić information content (AvgIpc) is 3.11. The molecule has 1 aromatic heterocycles. The van der Waals surface area contributed by atoms with E-state index in [9.17, 15) is 0 Å². The van der Waals surface area contributed by atoms with Crippen molar-refractivity contribution in [3.05, 3.63) is 5.82 Å². The summed E-state index contributed by atoms with van der Waals surface area (Å²) in [6.45, 7) is 3.30.